The molecule has 0 aliphatic carbocycles. The van der Waals surface area contributed by atoms with Crippen LogP contribution in [0.2, 0.25) is 5.02 Å². The molecule has 3 heterocycles. The minimum Gasteiger partial charge on any atom is -0.435 e. The number of halogens is 1. The SMILES string of the molecule is CCc1nc(C)c(C(=O)N2CCC[C@@H]2c2nc(N(C)C)ncc2-c2ccc(Cl)cc2)o1. The van der Waals surface area contributed by atoms with Gasteiger partial charge in [0.15, 0.2) is 5.89 Å². The molecular weight excluding hydrogens is 414 g/mol. The molecule has 0 unspecified atom stereocenters. The van der Waals surface area contributed by atoms with Gasteiger partial charge < -0.3 is 14.2 Å². The van der Waals surface area contributed by atoms with Crippen LogP contribution in [0.3, 0.4) is 0 Å². The average Bonchev–Trinajstić information content (AvgIpc) is 3.40. The first kappa shape index (κ1) is 21.3. The lowest BCUT2D eigenvalue weighted by atomic mass is 9.99. The van der Waals surface area contributed by atoms with Crippen LogP contribution in [0.4, 0.5) is 5.95 Å². The highest BCUT2D eigenvalue weighted by molar-refractivity contribution is 6.30. The van der Waals surface area contributed by atoms with Crippen LogP contribution >= 0.6 is 11.6 Å². The molecule has 8 heteroatoms. The van der Waals surface area contributed by atoms with Crippen molar-refractivity contribution in [2.24, 2.45) is 0 Å². The fourth-order valence-corrected chi connectivity index (χ4v) is 4.06. The van der Waals surface area contributed by atoms with Gasteiger partial charge in [0.2, 0.25) is 11.7 Å². The second-order valence-corrected chi connectivity index (χ2v) is 8.34. The highest BCUT2D eigenvalue weighted by Crippen LogP contribution is 2.38. The number of rotatable bonds is 5. The van der Waals surface area contributed by atoms with Crippen LogP contribution in [0, 0.1) is 6.92 Å². The van der Waals surface area contributed by atoms with E-state index >= 15 is 0 Å². The van der Waals surface area contributed by atoms with Gasteiger partial charge >= 0.3 is 0 Å². The zero-order valence-electron chi connectivity index (χ0n) is 18.2. The van der Waals surface area contributed by atoms with Gasteiger partial charge in [-0.1, -0.05) is 30.7 Å². The lowest BCUT2D eigenvalue weighted by Crippen LogP contribution is -2.32. The predicted molar refractivity (Wildman–Crippen MR) is 120 cm³/mol. The average molecular weight is 440 g/mol. The number of nitrogens with zero attached hydrogens (tertiary/aromatic N) is 5. The normalized spacial score (nSPS) is 16.0. The van der Waals surface area contributed by atoms with Gasteiger partial charge in [-0.2, -0.15) is 0 Å². The van der Waals surface area contributed by atoms with Gasteiger partial charge in [-0.15, -0.1) is 0 Å². The molecule has 0 radical (unpaired) electrons. The minimum absolute atomic E-state index is 0.140. The first-order chi connectivity index (χ1) is 14.9. The molecule has 31 heavy (non-hydrogen) atoms. The van der Waals surface area contributed by atoms with Crippen molar-refractivity contribution in [1.29, 1.82) is 0 Å². The number of carbonyl (C=O) groups is 1. The number of hydrogen-bond donors (Lipinski definition) is 0. The summed E-state index contributed by atoms with van der Waals surface area (Å²) in [5.74, 6) is 1.37. The third-order valence-corrected chi connectivity index (χ3v) is 5.78. The highest BCUT2D eigenvalue weighted by Gasteiger charge is 2.36. The maximum atomic E-state index is 13.4. The van der Waals surface area contributed by atoms with Gasteiger partial charge in [-0.3, -0.25) is 4.79 Å². The molecule has 1 atom stereocenters. The molecule has 1 aliphatic heterocycles. The van der Waals surface area contributed by atoms with Gasteiger partial charge in [0.25, 0.3) is 5.91 Å². The Morgan fingerprint density at radius 2 is 2.00 bits per heavy atom. The molecule has 4 rings (SSSR count). The molecule has 7 nitrogen and oxygen atoms in total. The van der Waals surface area contributed by atoms with Crippen LogP contribution in [0.15, 0.2) is 34.9 Å². The molecule has 0 bridgehead atoms. The van der Waals surface area contributed by atoms with E-state index < -0.39 is 0 Å². The molecule has 3 aromatic rings. The van der Waals surface area contributed by atoms with E-state index in [4.69, 9.17) is 21.0 Å². The zero-order valence-corrected chi connectivity index (χ0v) is 19.0. The molecule has 1 amide bonds. The van der Waals surface area contributed by atoms with Crippen molar-refractivity contribution in [3.05, 3.63) is 58.5 Å². The minimum atomic E-state index is -0.172. The fraction of sp³-hybridized carbons (Fsp3) is 0.391. The summed E-state index contributed by atoms with van der Waals surface area (Å²) < 4.78 is 5.75. The van der Waals surface area contributed by atoms with Crippen LogP contribution < -0.4 is 4.90 Å². The van der Waals surface area contributed by atoms with Gasteiger partial charge in [-0.05, 0) is 37.5 Å². The van der Waals surface area contributed by atoms with Gasteiger partial charge in [0.1, 0.15) is 0 Å². The van der Waals surface area contributed by atoms with Crippen LogP contribution in [-0.4, -0.2) is 46.4 Å². The van der Waals surface area contributed by atoms with Crippen molar-refractivity contribution >= 4 is 23.5 Å². The fourth-order valence-electron chi connectivity index (χ4n) is 3.93. The molecular formula is C23H26ClN5O2. The molecule has 1 saturated heterocycles. The summed E-state index contributed by atoms with van der Waals surface area (Å²) in [6.07, 6.45) is 4.20. The molecule has 1 fully saturated rings. The van der Waals surface area contributed by atoms with Crippen molar-refractivity contribution < 1.29 is 9.21 Å². The smallest absolute Gasteiger partial charge is 0.292 e. The summed E-state index contributed by atoms with van der Waals surface area (Å²) in [7, 11) is 3.81. The van der Waals surface area contributed by atoms with Crippen LogP contribution in [0.25, 0.3) is 11.1 Å². The Morgan fingerprint density at radius 1 is 1.26 bits per heavy atom. The first-order valence-corrected chi connectivity index (χ1v) is 10.8. The van der Waals surface area contributed by atoms with Crippen molar-refractivity contribution in [2.75, 3.05) is 25.5 Å². The van der Waals surface area contributed by atoms with E-state index in [9.17, 15) is 4.79 Å². The van der Waals surface area contributed by atoms with E-state index in [0.717, 1.165) is 29.7 Å². The summed E-state index contributed by atoms with van der Waals surface area (Å²) in [5, 5.41) is 0.668. The molecule has 0 spiro atoms. The monoisotopic (exact) mass is 439 g/mol. The largest absolute Gasteiger partial charge is 0.435 e. The molecule has 1 aromatic carbocycles. The van der Waals surface area contributed by atoms with Crippen molar-refractivity contribution in [1.82, 2.24) is 19.9 Å². The quantitative estimate of drug-likeness (QED) is 0.573. The van der Waals surface area contributed by atoms with E-state index in [1.54, 1.807) is 0 Å². The van der Waals surface area contributed by atoms with Crippen LogP contribution in [0.5, 0.6) is 0 Å². The molecule has 1 aliphatic rings. The Kier molecular flexibility index (Phi) is 5.96. The van der Waals surface area contributed by atoms with Crippen LogP contribution in [-0.2, 0) is 6.42 Å². The maximum absolute atomic E-state index is 13.4. The van der Waals surface area contributed by atoms with E-state index in [2.05, 4.69) is 9.97 Å². The molecule has 0 N–H and O–H groups in total. The first-order valence-electron chi connectivity index (χ1n) is 10.5. The Labute approximate surface area is 187 Å². The standard InChI is InChI=1S/C23H26ClN5O2/c1-5-19-26-14(2)21(31-19)22(30)29-12-6-7-18(29)20-17(13-25-23(27-20)28(3)4)15-8-10-16(24)11-9-15/h8-11,13,18H,5-7,12H2,1-4H3/t18-/m1/s1. The second-order valence-electron chi connectivity index (χ2n) is 7.90. The van der Waals surface area contributed by atoms with Crippen LogP contribution in [0.1, 0.15) is 53.6 Å². The maximum Gasteiger partial charge on any atom is 0.292 e. The summed E-state index contributed by atoms with van der Waals surface area (Å²) in [4.78, 5) is 30.9. The Bertz CT molecular complexity index is 1090. The second kappa shape index (κ2) is 8.67. The van der Waals surface area contributed by atoms with E-state index in [-0.39, 0.29) is 11.9 Å². The topological polar surface area (TPSA) is 75.4 Å². The van der Waals surface area contributed by atoms with E-state index in [1.807, 2.05) is 68.2 Å². The summed E-state index contributed by atoms with van der Waals surface area (Å²) in [6.45, 7) is 4.42. The molecule has 0 saturated carbocycles. The number of carbonyl (C=O) groups excluding carboxylic acids is 1. The number of aryl methyl sites for hydroxylation is 2. The Morgan fingerprint density at radius 3 is 2.65 bits per heavy atom. The highest BCUT2D eigenvalue weighted by atomic mass is 35.5. The number of anilines is 1. The number of likely N-dealkylation sites (tertiary alicyclic amines) is 1. The van der Waals surface area contributed by atoms with E-state index in [0.29, 0.717) is 41.3 Å². The van der Waals surface area contributed by atoms with Gasteiger partial charge in [0, 0.05) is 43.8 Å². The summed E-state index contributed by atoms with van der Waals surface area (Å²) >= 11 is 6.09. The van der Waals surface area contributed by atoms with Crippen molar-refractivity contribution in [2.45, 2.75) is 39.2 Å². The van der Waals surface area contributed by atoms with Gasteiger partial charge in [0.05, 0.1) is 17.4 Å². The number of amides is 1. The lowest BCUT2D eigenvalue weighted by molar-refractivity contribution is 0.0698. The predicted octanol–water partition coefficient (Wildman–Crippen LogP) is 4.70. The number of hydrogen-bond acceptors (Lipinski definition) is 6. The zero-order chi connectivity index (χ0) is 22.1. The third-order valence-electron chi connectivity index (χ3n) is 5.53. The number of aromatic nitrogens is 3. The van der Waals surface area contributed by atoms with E-state index in [1.165, 1.54) is 0 Å². The summed E-state index contributed by atoms with van der Waals surface area (Å²) in [5.41, 5.74) is 3.32. The third kappa shape index (κ3) is 4.14. The summed E-state index contributed by atoms with van der Waals surface area (Å²) in [6, 6.07) is 7.43. The Balaban J connectivity index is 1.77. The molecule has 2 aromatic heterocycles. The van der Waals surface area contributed by atoms with Gasteiger partial charge in [-0.25, -0.2) is 15.0 Å². The molecule has 162 valence electrons. The lowest BCUT2D eigenvalue weighted by Gasteiger charge is -2.26. The van der Waals surface area contributed by atoms with Crippen molar-refractivity contribution in [3.63, 3.8) is 0 Å². The Hall–Kier alpha value is -2.93. The van der Waals surface area contributed by atoms with Crippen molar-refractivity contribution in [3.8, 4) is 11.1 Å². The number of benzene rings is 1. The number of oxazole rings is 1.